The van der Waals surface area contributed by atoms with Crippen molar-refractivity contribution < 1.29 is 4.79 Å². The van der Waals surface area contributed by atoms with Gasteiger partial charge in [0.05, 0.1) is 10.9 Å². The maximum Gasteiger partial charge on any atom is 0.332 e. The third-order valence-corrected chi connectivity index (χ3v) is 5.04. The Morgan fingerprint density at radius 3 is 2.52 bits per heavy atom. The first-order valence-electron chi connectivity index (χ1n) is 9.54. The summed E-state index contributed by atoms with van der Waals surface area (Å²) in [6.45, 7) is 6.93. The van der Waals surface area contributed by atoms with Crippen LogP contribution in [0, 0.1) is 0 Å². The number of benzene rings is 1. The second-order valence-electron chi connectivity index (χ2n) is 6.92. The molecule has 1 amide bonds. The number of anilines is 1. The van der Waals surface area contributed by atoms with Crippen molar-refractivity contribution in [3.05, 3.63) is 68.5 Å². The smallest absolute Gasteiger partial charge is 0.322 e. The van der Waals surface area contributed by atoms with Gasteiger partial charge >= 0.3 is 5.69 Å². The third-order valence-electron chi connectivity index (χ3n) is 5.04. The van der Waals surface area contributed by atoms with Gasteiger partial charge in [-0.2, -0.15) is 0 Å². The van der Waals surface area contributed by atoms with E-state index in [1.807, 2.05) is 24.3 Å². The average Bonchev–Trinajstić information content (AvgIpc) is 2.74. The Kier molecular flexibility index (Phi) is 5.93. The normalized spacial score (nSPS) is 11.2. The van der Waals surface area contributed by atoms with Crippen molar-refractivity contribution in [1.82, 2.24) is 19.0 Å². The van der Waals surface area contributed by atoms with Crippen LogP contribution in [0.3, 0.4) is 0 Å². The molecule has 2 heterocycles. The largest absolute Gasteiger partial charge is 0.332 e. The number of hydrogen-bond acceptors (Lipinski definition) is 5. The highest BCUT2D eigenvalue weighted by atomic mass is 16.2. The van der Waals surface area contributed by atoms with E-state index in [0.29, 0.717) is 5.69 Å². The van der Waals surface area contributed by atoms with E-state index in [2.05, 4.69) is 29.0 Å². The Morgan fingerprint density at radius 1 is 1.10 bits per heavy atom. The molecule has 0 aliphatic rings. The molecule has 0 atom stereocenters. The zero-order chi connectivity index (χ0) is 21.1. The molecule has 8 heteroatoms. The molecule has 29 heavy (non-hydrogen) atoms. The molecule has 1 N–H and O–H groups in total. The number of aromatic nitrogens is 3. The van der Waals surface area contributed by atoms with Crippen LogP contribution >= 0.6 is 0 Å². The van der Waals surface area contributed by atoms with E-state index in [4.69, 9.17) is 0 Å². The molecule has 0 bridgehead atoms. The molecule has 3 rings (SSSR count). The fraction of sp³-hybridized carbons (Fsp3) is 0.333. The summed E-state index contributed by atoms with van der Waals surface area (Å²) in [5.41, 5.74) is 1.34. The van der Waals surface area contributed by atoms with Gasteiger partial charge < -0.3 is 5.32 Å². The van der Waals surface area contributed by atoms with E-state index < -0.39 is 11.2 Å². The van der Waals surface area contributed by atoms with Crippen molar-refractivity contribution in [2.75, 3.05) is 18.4 Å². The van der Waals surface area contributed by atoms with Crippen LogP contribution in [0.2, 0.25) is 0 Å². The lowest BCUT2D eigenvalue weighted by molar-refractivity contribution is 0.102. The molecule has 1 aromatic carbocycles. The van der Waals surface area contributed by atoms with E-state index in [-0.39, 0.29) is 22.5 Å². The van der Waals surface area contributed by atoms with Crippen LogP contribution in [0.25, 0.3) is 11.0 Å². The zero-order valence-electron chi connectivity index (χ0n) is 17.1. The summed E-state index contributed by atoms with van der Waals surface area (Å²) in [6, 6.07) is 9.15. The monoisotopic (exact) mass is 395 g/mol. The van der Waals surface area contributed by atoms with Crippen molar-refractivity contribution in [3.63, 3.8) is 0 Å². The summed E-state index contributed by atoms with van der Waals surface area (Å²) in [6.07, 6.45) is 1.37. The highest BCUT2D eigenvalue weighted by Gasteiger charge is 2.14. The van der Waals surface area contributed by atoms with Gasteiger partial charge in [-0.1, -0.05) is 26.0 Å². The molecule has 0 aliphatic carbocycles. The van der Waals surface area contributed by atoms with Crippen molar-refractivity contribution >= 4 is 22.6 Å². The first-order valence-corrected chi connectivity index (χ1v) is 9.54. The lowest BCUT2D eigenvalue weighted by atomic mass is 10.1. The molecule has 8 nitrogen and oxygen atoms in total. The van der Waals surface area contributed by atoms with Gasteiger partial charge in [-0.15, -0.1) is 0 Å². The van der Waals surface area contributed by atoms with Gasteiger partial charge in [-0.3, -0.25) is 23.6 Å². The molecule has 0 unspecified atom stereocenters. The minimum absolute atomic E-state index is 0.220. The second kappa shape index (κ2) is 8.40. The lowest BCUT2D eigenvalue weighted by Crippen LogP contribution is -2.37. The maximum absolute atomic E-state index is 12.7. The van der Waals surface area contributed by atoms with Crippen molar-refractivity contribution in [2.45, 2.75) is 20.4 Å². The van der Waals surface area contributed by atoms with Gasteiger partial charge in [0, 0.05) is 32.5 Å². The molecule has 0 spiro atoms. The Labute approximate surface area is 168 Å². The number of carbonyl (C=O) groups is 1. The highest BCUT2D eigenvalue weighted by Crippen LogP contribution is 2.15. The maximum atomic E-state index is 12.7. The highest BCUT2D eigenvalue weighted by molar-refractivity contribution is 6.05. The molecule has 0 radical (unpaired) electrons. The van der Waals surface area contributed by atoms with Crippen molar-refractivity contribution in [2.24, 2.45) is 14.1 Å². The molecular weight excluding hydrogens is 370 g/mol. The van der Waals surface area contributed by atoms with Crippen LogP contribution in [0.15, 0.2) is 46.1 Å². The SMILES string of the molecule is CCN(CC)Cc1cccc(NC(=O)c2cnc3c(c2)c(=O)n(C)c(=O)n3C)c1. The van der Waals surface area contributed by atoms with Gasteiger partial charge in [0.2, 0.25) is 0 Å². The van der Waals surface area contributed by atoms with Crippen LogP contribution in [0.5, 0.6) is 0 Å². The van der Waals surface area contributed by atoms with E-state index in [9.17, 15) is 14.4 Å². The van der Waals surface area contributed by atoms with Gasteiger partial charge in [0.25, 0.3) is 11.5 Å². The minimum Gasteiger partial charge on any atom is -0.322 e. The van der Waals surface area contributed by atoms with E-state index in [0.717, 1.165) is 29.8 Å². The quantitative estimate of drug-likeness (QED) is 0.687. The Hall–Kier alpha value is -3.26. The predicted octanol–water partition coefficient (Wildman–Crippen LogP) is 1.73. The fourth-order valence-corrected chi connectivity index (χ4v) is 3.25. The summed E-state index contributed by atoms with van der Waals surface area (Å²) in [5, 5.41) is 3.08. The average molecular weight is 395 g/mol. The Morgan fingerprint density at radius 2 is 1.83 bits per heavy atom. The Balaban J connectivity index is 1.89. The molecule has 0 saturated heterocycles. The van der Waals surface area contributed by atoms with E-state index in [1.54, 1.807) is 0 Å². The van der Waals surface area contributed by atoms with E-state index in [1.165, 1.54) is 30.9 Å². The molecule has 2 aromatic heterocycles. The summed E-state index contributed by atoms with van der Waals surface area (Å²) in [7, 11) is 2.94. The van der Waals surface area contributed by atoms with Crippen molar-refractivity contribution in [3.8, 4) is 0 Å². The number of pyridine rings is 1. The standard InChI is InChI=1S/C21H25N5O3/c1-5-26(6-2)13-14-8-7-9-16(10-14)23-19(27)15-11-17-18(22-12-15)24(3)21(29)25(4)20(17)28/h7-12H,5-6,13H2,1-4H3,(H,23,27). The van der Waals surface area contributed by atoms with Gasteiger partial charge in [0.1, 0.15) is 5.65 Å². The van der Waals surface area contributed by atoms with Crippen LogP contribution in [0.4, 0.5) is 5.69 Å². The molecular formula is C21H25N5O3. The van der Waals surface area contributed by atoms with Crippen LogP contribution in [-0.4, -0.2) is 38.0 Å². The number of carbonyl (C=O) groups excluding carboxylic acids is 1. The number of aryl methyl sites for hydroxylation is 1. The molecule has 3 aromatic rings. The number of nitrogens with zero attached hydrogens (tertiary/aromatic N) is 4. The minimum atomic E-state index is -0.480. The summed E-state index contributed by atoms with van der Waals surface area (Å²) in [5.74, 6) is -0.365. The summed E-state index contributed by atoms with van der Waals surface area (Å²) in [4.78, 5) is 43.6. The predicted molar refractivity (Wildman–Crippen MR) is 113 cm³/mol. The lowest BCUT2D eigenvalue weighted by Gasteiger charge is -2.18. The number of amides is 1. The van der Waals surface area contributed by atoms with Crippen LogP contribution in [0.1, 0.15) is 29.8 Å². The number of hydrogen-bond donors (Lipinski definition) is 1. The first-order chi connectivity index (χ1) is 13.8. The molecule has 0 aliphatic heterocycles. The zero-order valence-corrected chi connectivity index (χ0v) is 17.1. The van der Waals surface area contributed by atoms with Gasteiger partial charge in [-0.05, 0) is 36.9 Å². The van der Waals surface area contributed by atoms with E-state index >= 15 is 0 Å². The summed E-state index contributed by atoms with van der Waals surface area (Å²) < 4.78 is 2.29. The van der Waals surface area contributed by atoms with Crippen LogP contribution < -0.4 is 16.6 Å². The second-order valence-corrected chi connectivity index (χ2v) is 6.92. The number of nitrogens with one attached hydrogen (secondary N) is 1. The topological polar surface area (TPSA) is 89.2 Å². The van der Waals surface area contributed by atoms with Crippen LogP contribution in [-0.2, 0) is 20.6 Å². The number of fused-ring (bicyclic) bond motifs is 1. The van der Waals surface area contributed by atoms with Gasteiger partial charge in [0.15, 0.2) is 0 Å². The molecule has 0 fully saturated rings. The van der Waals surface area contributed by atoms with Crippen molar-refractivity contribution in [1.29, 1.82) is 0 Å². The van der Waals surface area contributed by atoms with Gasteiger partial charge in [-0.25, -0.2) is 9.78 Å². The molecule has 0 saturated carbocycles. The Bertz CT molecular complexity index is 1180. The third kappa shape index (κ3) is 4.12. The molecule has 152 valence electrons. The fourth-order valence-electron chi connectivity index (χ4n) is 3.25. The summed E-state index contributed by atoms with van der Waals surface area (Å²) >= 11 is 0. The number of rotatable bonds is 6. The first kappa shape index (κ1) is 20.5.